The number of methoxy groups -OCH3 is 1. The Kier molecular flexibility index (Phi) is 7.92. The molecule has 0 radical (unpaired) electrons. The van der Waals surface area contributed by atoms with Crippen molar-refractivity contribution in [2.75, 3.05) is 51.7 Å². The monoisotopic (exact) mass is 535 g/mol. The number of fused-ring (bicyclic) bond motifs is 1. The number of aromatic nitrogens is 3. The number of pyridine rings is 1. The van der Waals surface area contributed by atoms with Crippen LogP contribution in [0.3, 0.4) is 0 Å². The number of benzene rings is 2. The summed E-state index contributed by atoms with van der Waals surface area (Å²) in [6.45, 7) is 5.28. The second-order valence-electron chi connectivity index (χ2n) is 8.94. The van der Waals surface area contributed by atoms with Crippen molar-refractivity contribution < 1.29 is 14.3 Å². The van der Waals surface area contributed by atoms with Crippen LogP contribution in [-0.4, -0.2) is 71.7 Å². The van der Waals surface area contributed by atoms with Crippen LogP contribution in [0.2, 0.25) is 5.02 Å². The van der Waals surface area contributed by atoms with Crippen molar-refractivity contribution in [1.82, 2.24) is 30.1 Å². The van der Waals surface area contributed by atoms with Crippen LogP contribution in [-0.2, 0) is 7.05 Å². The largest absolute Gasteiger partial charge is 0.493 e. The number of nitrogens with zero attached hydrogens (tertiary/aromatic N) is 4. The highest BCUT2D eigenvalue weighted by atomic mass is 35.5. The van der Waals surface area contributed by atoms with Gasteiger partial charge in [0, 0.05) is 81.4 Å². The number of anilines is 2. The van der Waals surface area contributed by atoms with E-state index in [-0.39, 0.29) is 11.6 Å². The summed E-state index contributed by atoms with van der Waals surface area (Å²) in [7, 11) is 3.50. The molecular weight excluding hydrogens is 506 g/mol. The number of aryl methyl sites for hydroxylation is 1. The average Bonchev–Trinajstić information content (AvgIpc) is 3.23. The van der Waals surface area contributed by atoms with Gasteiger partial charge in [0.1, 0.15) is 11.4 Å². The first-order valence-corrected chi connectivity index (χ1v) is 12.8. The molecule has 0 saturated carbocycles. The molecule has 0 spiro atoms. The van der Waals surface area contributed by atoms with E-state index in [1.165, 1.54) is 0 Å². The maximum atomic E-state index is 12.7. The number of piperazine rings is 1. The van der Waals surface area contributed by atoms with Gasteiger partial charge in [0.15, 0.2) is 11.5 Å². The van der Waals surface area contributed by atoms with Crippen LogP contribution in [0.25, 0.3) is 11.0 Å². The molecule has 1 saturated heterocycles. The van der Waals surface area contributed by atoms with Crippen molar-refractivity contribution in [1.29, 1.82) is 0 Å². The van der Waals surface area contributed by atoms with Crippen molar-refractivity contribution >= 4 is 40.2 Å². The number of halogens is 1. The van der Waals surface area contributed by atoms with Gasteiger partial charge in [-0.25, -0.2) is 4.98 Å². The van der Waals surface area contributed by atoms with E-state index >= 15 is 0 Å². The second-order valence-corrected chi connectivity index (χ2v) is 9.38. The number of nitrogens with one attached hydrogen (secondary N) is 3. The van der Waals surface area contributed by atoms with E-state index in [0.717, 1.165) is 49.4 Å². The molecule has 4 aromatic rings. The van der Waals surface area contributed by atoms with Crippen LogP contribution in [0.1, 0.15) is 10.5 Å². The van der Waals surface area contributed by atoms with Crippen molar-refractivity contribution in [3.63, 3.8) is 0 Å². The first-order chi connectivity index (χ1) is 18.5. The number of rotatable bonds is 9. The summed E-state index contributed by atoms with van der Waals surface area (Å²) >= 11 is 6.00. The van der Waals surface area contributed by atoms with Crippen LogP contribution >= 0.6 is 11.6 Å². The van der Waals surface area contributed by atoms with Crippen LogP contribution < -0.4 is 25.4 Å². The average molecular weight is 536 g/mol. The Labute approximate surface area is 225 Å². The lowest BCUT2D eigenvalue weighted by molar-refractivity contribution is 0.0942. The lowest BCUT2D eigenvalue weighted by Gasteiger charge is -2.27. The molecule has 1 fully saturated rings. The molecule has 3 N–H and O–H groups in total. The fourth-order valence-corrected chi connectivity index (χ4v) is 4.42. The highest BCUT2D eigenvalue weighted by molar-refractivity contribution is 6.30. The van der Waals surface area contributed by atoms with E-state index < -0.39 is 0 Å². The number of hydrogen-bond donors (Lipinski definition) is 3. The van der Waals surface area contributed by atoms with Gasteiger partial charge in [-0.2, -0.15) is 0 Å². The van der Waals surface area contributed by atoms with Gasteiger partial charge in [-0.1, -0.05) is 11.6 Å². The van der Waals surface area contributed by atoms with E-state index in [0.29, 0.717) is 34.8 Å². The summed E-state index contributed by atoms with van der Waals surface area (Å²) in [5, 5.41) is 10.2. The molecule has 0 aliphatic carbocycles. The molecule has 1 aliphatic rings. The molecule has 0 bridgehead atoms. The fourth-order valence-electron chi connectivity index (χ4n) is 4.29. The lowest BCUT2D eigenvalue weighted by Crippen LogP contribution is -2.46. The van der Waals surface area contributed by atoms with E-state index in [1.54, 1.807) is 25.4 Å². The van der Waals surface area contributed by atoms with Crippen LogP contribution in [0, 0.1) is 0 Å². The fraction of sp³-hybridized carbons (Fsp3) is 0.296. The maximum absolute atomic E-state index is 12.7. The third-order valence-electron chi connectivity index (χ3n) is 6.38. The van der Waals surface area contributed by atoms with E-state index in [4.69, 9.17) is 26.1 Å². The van der Waals surface area contributed by atoms with Crippen LogP contribution in [0.15, 0.2) is 54.7 Å². The van der Waals surface area contributed by atoms with Gasteiger partial charge in [-0.05, 0) is 30.3 Å². The van der Waals surface area contributed by atoms with Crippen molar-refractivity contribution in [3.8, 4) is 17.2 Å². The van der Waals surface area contributed by atoms with Crippen molar-refractivity contribution in [2.45, 2.75) is 0 Å². The number of amides is 1. The van der Waals surface area contributed by atoms with Gasteiger partial charge in [-0.15, -0.1) is 0 Å². The third-order valence-corrected chi connectivity index (χ3v) is 6.63. The SMILES string of the molecule is COc1cc2c(cc1Oc1ccnc(C(=O)NCCN3CCNCC3)c1)nc(Nc1ccc(Cl)cc1)n2C. The lowest BCUT2D eigenvalue weighted by atomic mass is 10.2. The minimum Gasteiger partial charge on any atom is -0.493 e. The summed E-state index contributed by atoms with van der Waals surface area (Å²) in [4.78, 5) is 24.0. The summed E-state index contributed by atoms with van der Waals surface area (Å²) in [5.74, 6) is 1.91. The predicted molar refractivity (Wildman–Crippen MR) is 148 cm³/mol. The Balaban J connectivity index is 1.30. The summed E-state index contributed by atoms with van der Waals surface area (Å²) in [5.41, 5.74) is 2.74. The minimum absolute atomic E-state index is 0.240. The predicted octanol–water partition coefficient (Wildman–Crippen LogP) is 3.80. The summed E-state index contributed by atoms with van der Waals surface area (Å²) in [6, 6.07) is 14.4. The van der Waals surface area contributed by atoms with Gasteiger partial charge in [0.05, 0.1) is 18.1 Å². The highest BCUT2D eigenvalue weighted by Crippen LogP contribution is 2.36. The van der Waals surface area contributed by atoms with E-state index in [2.05, 4.69) is 25.8 Å². The maximum Gasteiger partial charge on any atom is 0.270 e. The third kappa shape index (κ3) is 5.99. The zero-order valence-corrected chi connectivity index (χ0v) is 22.1. The second kappa shape index (κ2) is 11.7. The summed E-state index contributed by atoms with van der Waals surface area (Å²) < 4.78 is 13.7. The first kappa shape index (κ1) is 25.8. The zero-order chi connectivity index (χ0) is 26.5. The Morgan fingerprint density at radius 3 is 2.66 bits per heavy atom. The molecule has 2 aromatic carbocycles. The number of ether oxygens (including phenoxy) is 2. The van der Waals surface area contributed by atoms with Gasteiger partial charge in [0.2, 0.25) is 5.95 Å². The minimum atomic E-state index is -0.240. The van der Waals surface area contributed by atoms with Crippen LogP contribution in [0.4, 0.5) is 11.6 Å². The smallest absolute Gasteiger partial charge is 0.270 e. The molecule has 1 aliphatic heterocycles. The Morgan fingerprint density at radius 1 is 1.11 bits per heavy atom. The highest BCUT2D eigenvalue weighted by Gasteiger charge is 2.16. The normalized spacial score (nSPS) is 13.9. The standard InChI is InChI=1S/C27H30ClN7O3/c1-34-23-17-24(37-2)25(16-21(23)33-27(34)32-19-5-3-18(28)4-6-19)38-20-7-8-30-22(15-20)26(36)31-11-14-35-12-9-29-10-13-35/h3-8,15-17,29H,9-14H2,1-2H3,(H,31,36)(H,32,33). The molecular formula is C27H30ClN7O3. The molecule has 2 aromatic heterocycles. The van der Waals surface area contributed by atoms with Crippen LogP contribution in [0.5, 0.6) is 17.2 Å². The first-order valence-electron chi connectivity index (χ1n) is 12.4. The topological polar surface area (TPSA) is 106 Å². The molecule has 38 heavy (non-hydrogen) atoms. The van der Waals surface area contributed by atoms with E-state index in [1.807, 2.05) is 48.0 Å². The van der Waals surface area contributed by atoms with Gasteiger partial charge in [-0.3, -0.25) is 14.7 Å². The Bertz CT molecular complexity index is 1420. The summed E-state index contributed by atoms with van der Waals surface area (Å²) in [6.07, 6.45) is 1.56. The molecule has 0 unspecified atom stereocenters. The molecule has 5 rings (SSSR count). The molecule has 198 valence electrons. The van der Waals surface area contributed by atoms with Gasteiger partial charge in [0.25, 0.3) is 5.91 Å². The molecule has 11 heteroatoms. The number of imidazole rings is 1. The van der Waals surface area contributed by atoms with E-state index in [9.17, 15) is 4.79 Å². The van der Waals surface area contributed by atoms with Crippen molar-refractivity contribution in [2.24, 2.45) is 7.05 Å². The molecule has 10 nitrogen and oxygen atoms in total. The Morgan fingerprint density at radius 2 is 1.89 bits per heavy atom. The van der Waals surface area contributed by atoms with Gasteiger partial charge < -0.3 is 30.0 Å². The quantitative estimate of drug-likeness (QED) is 0.297. The zero-order valence-electron chi connectivity index (χ0n) is 21.3. The van der Waals surface area contributed by atoms with Gasteiger partial charge >= 0.3 is 0 Å². The Hall–Kier alpha value is -3.86. The number of hydrogen-bond acceptors (Lipinski definition) is 8. The number of carbonyl (C=O) groups is 1. The van der Waals surface area contributed by atoms with Crippen molar-refractivity contribution in [3.05, 3.63) is 65.4 Å². The molecule has 3 heterocycles. The number of carbonyl (C=O) groups excluding carboxylic acids is 1. The molecule has 0 atom stereocenters. The molecule has 1 amide bonds.